The molecule has 0 amide bonds. The number of Topliss-reactive ketones (excluding diaryl/α,β-unsaturated/α-hetero) is 1. The van der Waals surface area contributed by atoms with E-state index in [9.17, 15) is 4.79 Å². The number of ketones is 1. The third-order valence-corrected chi connectivity index (χ3v) is 3.15. The minimum atomic E-state index is -0.380. The van der Waals surface area contributed by atoms with Crippen LogP contribution in [0.1, 0.15) is 10.4 Å². The van der Waals surface area contributed by atoms with Crippen molar-refractivity contribution < 1.29 is 4.79 Å². The lowest BCUT2D eigenvalue weighted by Gasteiger charge is -2.04. The zero-order chi connectivity index (χ0) is 10.0. The van der Waals surface area contributed by atoms with E-state index in [1.54, 1.807) is 18.2 Å². The molecule has 0 atom stereocenters. The molecule has 0 N–H and O–H groups in total. The molecule has 0 saturated carbocycles. The van der Waals surface area contributed by atoms with Crippen LogP contribution in [0, 0.1) is 0 Å². The summed E-state index contributed by atoms with van der Waals surface area (Å²) in [4.78, 5) is 11.5. The van der Waals surface area contributed by atoms with Crippen LogP contribution in [-0.4, -0.2) is 9.52 Å². The zero-order valence-corrected chi connectivity index (χ0v) is 11.7. The molecular weight excluding hydrogens is 387 g/mol. The Bertz CT molecular complexity index is 338. The predicted molar refractivity (Wildman–Crippen MR) is 65.1 cm³/mol. The SMILES string of the molecule is O=C(c1cc(Cl)ccc1Br)C(Br)Br. The van der Waals surface area contributed by atoms with Crippen molar-refractivity contribution in [1.82, 2.24) is 0 Å². The number of benzene rings is 1. The fourth-order valence-electron chi connectivity index (χ4n) is 0.804. The number of carbonyl (C=O) groups is 1. The van der Waals surface area contributed by atoms with Crippen LogP contribution in [0.3, 0.4) is 0 Å². The van der Waals surface area contributed by atoms with E-state index < -0.39 is 0 Å². The molecule has 0 aliphatic heterocycles. The minimum Gasteiger partial charge on any atom is -0.292 e. The van der Waals surface area contributed by atoms with Crippen LogP contribution in [0.5, 0.6) is 0 Å². The van der Waals surface area contributed by atoms with Crippen LogP contribution in [0.15, 0.2) is 22.7 Å². The molecule has 0 aliphatic rings. The summed E-state index contributed by atoms with van der Waals surface area (Å²) in [6.45, 7) is 0. The molecular formula is C8H4Br3ClO. The second-order valence-corrected chi connectivity index (χ2v) is 6.64. The van der Waals surface area contributed by atoms with Crippen LogP contribution in [0.25, 0.3) is 0 Å². The molecule has 0 aromatic heterocycles. The van der Waals surface area contributed by atoms with Crippen molar-refractivity contribution in [3.63, 3.8) is 0 Å². The van der Waals surface area contributed by atoms with Gasteiger partial charge in [0.05, 0.1) is 0 Å². The highest BCUT2D eigenvalue weighted by Crippen LogP contribution is 2.25. The van der Waals surface area contributed by atoms with Gasteiger partial charge in [0.25, 0.3) is 0 Å². The van der Waals surface area contributed by atoms with Gasteiger partial charge in [-0.1, -0.05) is 59.4 Å². The molecule has 1 aromatic rings. The van der Waals surface area contributed by atoms with E-state index >= 15 is 0 Å². The molecule has 0 radical (unpaired) electrons. The van der Waals surface area contributed by atoms with Gasteiger partial charge in [-0.2, -0.15) is 0 Å². The fourth-order valence-corrected chi connectivity index (χ4v) is 1.91. The van der Waals surface area contributed by atoms with Crippen LogP contribution < -0.4 is 0 Å². The van der Waals surface area contributed by atoms with Crippen molar-refractivity contribution in [3.8, 4) is 0 Å². The van der Waals surface area contributed by atoms with Gasteiger partial charge in [0.1, 0.15) is 3.74 Å². The van der Waals surface area contributed by atoms with E-state index in [0.717, 1.165) is 4.47 Å². The Balaban J connectivity index is 3.13. The van der Waals surface area contributed by atoms with Gasteiger partial charge >= 0.3 is 0 Å². The first-order valence-electron chi connectivity index (χ1n) is 3.30. The quantitative estimate of drug-likeness (QED) is 0.540. The van der Waals surface area contributed by atoms with E-state index in [1.807, 2.05) is 0 Å². The topological polar surface area (TPSA) is 17.1 Å². The van der Waals surface area contributed by atoms with Gasteiger partial charge in [-0.25, -0.2) is 0 Å². The Kier molecular flexibility index (Phi) is 4.42. The summed E-state index contributed by atoms with van der Waals surface area (Å²) in [5.74, 6) is -0.0608. The molecule has 13 heavy (non-hydrogen) atoms. The monoisotopic (exact) mass is 388 g/mol. The van der Waals surface area contributed by atoms with E-state index in [0.29, 0.717) is 10.6 Å². The van der Waals surface area contributed by atoms with E-state index in [2.05, 4.69) is 47.8 Å². The third-order valence-electron chi connectivity index (χ3n) is 1.39. The highest BCUT2D eigenvalue weighted by molar-refractivity contribution is 9.25. The Morgan fingerprint density at radius 2 is 2.00 bits per heavy atom. The Labute approximate surface area is 106 Å². The molecule has 0 aliphatic carbocycles. The van der Waals surface area contributed by atoms with Gasteiger partial charge in [-0.15, -0.1) is 0 Å². The molecule has 1 nitrogen and oxygen atoms in total. The summed E-state index contributed by atoms with van der Waals surface area (Å²) in [6.07, 6.45) is 0. The molecule has 0 fully saturated rings. The number of hydrogen-bond donors (Lipinski definition) is 0. The van der Waals surface area contributed by atoms with Crippen molar-refractivity contribution in [1.29, 1.82) is 0 Å². The number of carbonyl (C=O) groups excluding carboxylic acids is 1. The van der Waals surface area contributed by atoms with Gasteiger partial charge in [0.15, 0.2) is 5.78 Å². The second-order valence-electron chi connectivity index (χ2n) is 2.29. The lowest BCUT2D eigenvalue weighted by atomic mass is 10.1. The van der Waals surface area contributed by atoms with E-state index in [1.165, 1.54) is 0 Å². The van der Waals surface area contributed by atoms with E-state index in [-0.39, 0.29) is 9.52 Å². The van der Waals surface area contributed by atoms with Gasteiger partial charge < -0.3 is 0 Å². The highest BCUT2D eigenvalue weighted by Gasteiger charge is 2.16. The zero-order valence-electron chi connectivity index (χ0n) is 6.23. The summed E-state index contributed by atoms with van der Waals surface area (Å²) < 4.78 is 0.362. The molecule has 0 unspecified atom stereocenters. The predicted octanol–water partition coefficient (Wildman–Crippen LogP) is 4.40. The van der Waals surface area contributed by atoms with Crippen molar-refractivity contribution >= 4 is 65.2 Å². The smallest absolute Gasteiger partial charge is 0.188 e. The third kappa shape index (κ3) is 3.05. The highest BCUT2D eigenvalue weighted by atomic mass is 79.9. The minimum absolute atomic E-state index is 0.0608. The summed E-state index contributed by atoms with van der Waals surface area (Å²) >= 11 is 15.3. The normalized spacial score (nSPS) is 10.5. The van der Waals surface area contributed by atoms with Crippen molar-refractivity contribution in [2.45, 2.75) is 3.74 Å². The Morgan fingerprint density at radius 3 is 2.54 bits per heavy atom. The van der Waals surface area contributed by atoms with Crippen LogP contribution in [0.4, 0.5) is 0 Å². The van der Waals surface area contributed by atoms with Crippen LogP contribution in [-0.2, 0) is 0 Å². The lowest BCUT2D eigenvalue weighted by Crippen LogP contribution is -2.07. The van der Waals surface area contributed by atoms with Crippen LogP contribution >= 0.6 is 59.4 Å². The fraction of sp³-hybridized carbons (Fsp3) is 0.125. The summed E-state index contributed by atoms with van der Waals surface area (Å²) in [5.41, 5.74) is 0.561. The molecule has 0 bridgehead atoms. The van der Waals surface area contributed by atoms with Gasteiger partial charge in [0, 0.05) is 15.1 Å². The summed E-state index contributed by atoms with van der Waals surface area (Å²) in [5, 5.41) is 0.548. The standard InChI is InChI=1S/C8H4Br3ClO/c9-6-2-1-4(12)3-5(6)7(13)8(10)11/h1-3,8H. The molecule has 0 spiro atoms. The summed E-state index contributed by atoms with van der Waals surface area (Å²) in [6, 6.07) is 5.10. The van der Waals surface area contributed by atoms with Gasteiger partial charge in [0.2, 0.25) is 0 Å². The molecule has 1 aromatic carbocycles. The molecule has 70 valence electrons. The van der Waals surface area contributed by atoms with Gasteiger partial charge in [-0.05, 0) is 18.2 Å². The van der Waals surface area contributed by atoms with Crippen molar-refractivity contribution in [2.24, 2.45) is 0 Å². The molecule has 5 heteroatoms. The van der Waals surface area contributed by atoms with Gasteiger partial charge in [-0.3, -0.25) is 4.79 Å². The maximum absolute atomic E-state index is 11.5. The first kappa shape index (κ1) is 11.7. The number of alkyl halides is 2. The Hall–Kier alpha value is 0.620. The molecule has 0 heterocycles. The molecule has 1 rings (SSSR count). The van der Waals surface area contributed by atoms with Crippen molar-refractivity contribution in [2.75, 3.05) is 0 Å². The van der Waals surface area contributed by atoms with Crippen LogP contribution in [0.2, 0.25) is 5.02 Å². The number of hydrogen-bond acceptors (Lipinski definition) is 1. The van der Waals surface area contributed by atoms with Crippen molar-refractivity contribution in [3.05, 3.63) is 33.3 Å². The number of halogens is 4. The second kappa shape index (κ2) is 4.91. The summed E-state index contributed by atoms with van der Waals surface area (Å²) in [7, 11) is 0. The average Bonchev–Trinajstić information content (AvgIpc) is 2.08. The van der Waals surface area contributed by atoms with E-state index in [4.69, 9.17) is 11.6 Å². The first-order chi connectivity index (χ1) is 6.02. The maximum atomic E-state index is 11.5. The lowest BCUT2D eigenvalue weighted by molar-refractivity contribution is 0.101. The first-order valence-corrected chi connectivity index (χ1v) is 6.30. The maximum Gasteiger partial charge on any atom is 0.188 e. The Morgan fingerprint density at radius 1 is 1.38 bits per heavy atom. The average molecular weight is 391 g/mol. The molecule has 0 saturated heterocycles. The number of rotatable bonds is 2. The largest absolute Gasteiger partial charge is 0.292 e.